The van der Waals surface area contributed by atoms with Crippen molar-refractivity contribution in [1.82, 2.24) is 0 Å². The van der Waals surface area contributed by atoms with Gasteiger partial charge in [-0.05, 0) is 34.6 Å². The average molecular weight is 364 g/mol. The molecule has 2 aromatic rings. The maximum atomic E-state index is 12.7. The van der Waals surface area contributed by atoms with Gasteiger partial charge in [-0.3, -0.25) is 9.59 Å². The molecule has 142 valence electrons. The van der Waals surface area contributed by atoms with Gasteiger partial charge in [0, 0.05) is 24.3 Å². The van der Waals surface area contributed by atoms with Gasteiger partial charge < -0.3 is 4.74 Å². The van der Waals surface area contributed by atoms with Gasteiger partial charge in [-0.1, -0.05) is 64.1 Å². The smallest absolute Gasteiger partial charge is 0.174 e. The molecule has 0 bridgehead atoms. The molecule has 0 fully saturated rings. The number of fused-ring (bicyclic) bond motifs is 1. The molecule has 0 aromatic heterocycles. The molecular weight excluding hydrogens is 336 g/mol. The van der Waals surface area contributed by atoms with E-state index in [1.165, 1.54) is 11.1 Å². The molecule has 1 atom stereocenters. The largest absolute Gasteiger partial charge is 0.486 e. The minimum atomic E-state index is -0.179. The van der Waals surface area contributed by atoms with Gasteiger partial charge in [0.1, 0.15) is 18.1 Å². The number of ether oxygens (including phenoxy) is 1. The summed E-state index contributed by atoms with van der Waals surface area (Å²) in [5.74, 6) is 0.883. The fourth-order valence-electron chi connectivity index (χ4n) is 3.41. The summed E-state index contributed by atoms with van der Waals surface area (Å²) in [5.41, 5.74) is 4.48. The Morgan fingerprint density at radius 3 is 2.48 bits per heavy atom. The predicted molar refractivity (Wildman–Crippen MR) is 108 cm³/mol. The van der Waals surface area contributed by atoms with Crippen molar-refractivity contribution in [2.75, 3.05) is 6.61 Å². The zero-order valence-electron chi connectivity index (χ0n) is 16.7. The van der Waals surface area contributed by atoms with E-state index in [0.717, 1.165) is 23.3 Å². The summed E-state index contributed by atoms with van der Waals surface area (Å²) in [4.78, 5) is 24.3. The van der Waals surface area contributed by atoms with Crippen molar-refractivity contribution in [2.24, 2.45) is 0 Å². The highest BCUT2D eigenvalue weighted by atomic mass is 16.5. The van der Waals surface area contributed by atoms with E-state index < -0.39 is 0 Å². The van der Waals surface area contributed by atoms with Crippen molar-refractivity contribution in [2.45, 2.75) is 58.3 Å². The standard InChI is InChI=1S/C24H28O3/c1-16(18-8-12-23-19(13-18)14-21(25)15-27-23)22(26)11-7-17-5-9-20(10-6-17)24(2,3)4/h5-6,8-10,12-13,16H,7,11,14-15H2,1-4H3. The Labute approximate surface area is 161 Å². The minimum Gasteiger partial charge on any atom is -0.486 e. The number of carbonyl (C=O) groups excluding carboxylic acids is 2. The first kappa shape index (κ1) is 19.3. The Kier molecular flexibility index (Phi) is 5.50. The molecule has 0 aliphatic carbocycles. The summed E-state index contributed by atoms with van der Waals surface area (Å²) in [6.07, 6.45) is 1.66. The number of Topliss-reactive ketones (excluding diaryl/α,β-unsaturated/α-hetero) is 2. The molecule has 0 saturated heterocycles. The van der Waals surface area contributed by atoms with Crippen LogP contribution in [-0.2, 0) is 27.8 Å². The maximum Gasteiger partial charge on any atom is 0.174 e. The molecule has 3 nitrogen and oxygen atoms in total. The third-order valence-electron chi connectivity index (χ3n) is 5.32. The molecule has 0 spiro atoms. The number of carbonyl (C=O) groups is 2. The lowest BCUT2D eigenvalue weighted by atomic mass is 9.86. The summed E-state index contributed by atoms with van der Waals surface area (Å²) >= 11 is 0. The Morgan fingerprint density at radius 2 is 1.81 bits per heavy atom. The first-order valence-electron chi connectivity index (χ1n) is 9.63. The predicted octanol–water partition coefficient (Wildman–Crippen LogP) is 4.79. The number of hydrogen-bond acceptors (Lipinski definition) is 3. The third-order valence-corrected chi connectivity index (χ3v) is 5.32. The topological polar surface area (TPSA) is 43.4 Å². The van der Waals surface area contributed by atoms with Crippen LogP contribution in [0.25, 0.3) is 0 Å². The van der Waals surface area contributed by atoms with Crippen LogP contribution in [0.3, 0.4) is 0 Å². The minimum absolute atomic E-state index is 0.0809. The molecule has 1 aliphatic rings. The van der Waals surface area contributed by atoms with E-state index in [4.69, 9.17) is 4.74 Å². The highest BCUT2D eigenvalue weighted by Gasteiger charge is 2.21. The number of rotatable bonds is 5. The van der Waals surface area contributed by atoms with Crippen LogP contribution in [0.2, 0.25) is 0 Å². The second kappa shape index (κ2) is 7.67. The van der Waals surface area contributed by atoms with Crippen LogP contribution >= 0.6 is 0 Å². The van der Waals surface area contributed by atoms with Gasteiger partial charge in [0.05, 0.1) is 0 Å². The Balaban J connectivity index is 1.62. The Bertz CT molecular complexity index is 841. The molecule has 0 amide bonds. The Hall–Kier alpha value is -2.42. The normalized spacial score (nSPS) is 15.0. The van der Waals surface area contributed by atoms with E-state index in [2.05, 4.69) is 45.0 Å². The summed E-state index contributed by atoms with van der Waals surface area (Å²) in [5, 5.41) is 0. The molecule has 1 aliphatic heterocycles. The number of benzene rings is 2. The second-order valence-corrected chi connectivity index (χ2v) is 8.51. The summed E-state index contributed by atoms with van der Waals surface area (Å²) < 4.78 is 5.44. The molecule has 0 N–H and O–H groups in total. The zero-order valence-corrected chi connectivity index (χ0v) is 16.7. The van der Waals surface area contributed by atoms with E-state index in [0.29, 0.717) is 12.8 Å². The van der Waals surface area contributed by atoms with Crippen LogP contribution in [-0.4, -0.2) is 18.2 Å². The first-order chi connectivity index (χ1) is 12.7. The van der Waals surface area contributed by atoms with Crippen LogP contribution in [0.5, 0.6) is 5.75 Å². The first-order valence-corrected chi connectivity index (χ1v) is 9.63. The fourth-order valence-corrected chi connectivity index (χ4v) is 3.41. The molecule has 2 aromatic carbocycles. The molecule has 3 rings (SSSR count). The van der Waals surface area contributed by atoms with Crippen molar-refractivity contribution < 1.29 is 14.3 Å². The van der Waals surface area contributed by atoms with Crippen LogP contribution in [0.4, 0.5) is 0 Å². The van der Waals surface area contributed by atoms with Crippen molar-refractivity contribution in [3.05, 3.63) is 64.7 Å². The summed E-state index contributed by atoms with van der Waals surface area (Å²) in [6, 6.07) is 14.3. The highest BCUT2D eigenvalue weighted by Crippen LogP contribution is 2.29. The molecule has 1 unspecified atom stereocenters. The van der Waals surface area contributed by atoms with E-state index in [1.54, 1.807) is 0 Å². The molecule has 0 radical (unpaired) electrons. The van der Waals surface area contributed by atoms with Crippen molar-refractivity contribution in [3.63, 3.8) is 0 Å². The Morgan fingerprint density at radius 1 is 1.11 bits per heavy atom. The molecular formula is C24H28O3. The zero-order chi connectivity index (χ0) is 19.6. The number of hydrogen-bond donors (Lipinski definition) is 0. The number of ketones is 2. The maximum absolute atomic E-state index is 12.7. The van der Waals surface area contributed by atoms with Crippen molar-refractivity contribution in [3.8, 4) is 5.75 Å². The molecule has 3 heteroatoms. The van der Waals surface area contributed by atoms with Crippen LogP contribution < -0.4 is 4.74 Å². The van der Waals surface area contributed by atoms with Crippen LogP contribution in [0.15, 0.2) is 42.5 Å². The summed E-state index contributed by atoms with van der Waals surface area (Å²) in [6.45, 7) is 8.69. The highest BCUT2D eigenvalue weighted by molar-refractivity contribution is 5.87. The lowest BCUT2D eigenvalue weighted by Crippen LogP contribution is -2.20. The van der Waals surface area contributed by atoms with Gasteiger partial charge in [0.25, 0.3) is 0 Å². The van der Waals surface area contributed by atoms with Crippen LogP contribution in [0, 0.1) is 0 Å². The van der Waals surface area contributed by atoms with Gasteiger partial charge in [-0.2, -0.15) is 0 Å². The van der Waals surface area contributed by atoms with Crippen molar-refractivity contribution >= 4 is 11.6 Å². The molecule has 1 heterocycles. The van der Waals surface area contributed by atoms with Gasteiger partial charge in [-0.15, -0.1) is 0 Å². The van der Waals surface area contributed by atoms with Gasteiger partial charge in [0.15, 0.2) is 5.78 Å². The van der Waals surface area contributed by atoms with Crippen molar-refractivity contribution in [1.29, 1.82) is 0 Å². The van der Waals surface area contributed by atoms with Crippen LogP contribution in [0.1, 0.15) is 62.3 Å². The molecule has 27 heavy (non-hydrogen) atoms. The van der Waals surface area contributed by atoms with Gasteiger partial charge in [-0.25, -0.2) is 0 Å². The van der Waals surface area contributed by atoms with Gasteiger partial charge in [0.2, 0.25) is 0 Å². The van der Waals surface area contributed by atoms with E-state index >= 15 is 0 Å². The number of aryl methyl sites for hydroxylation is 1. The van der Waals surface area contributed by atoms with E-state index in [9.17, 15) is 9.59 Å². The third kappa shape index (κ3) is 4.65. The molecule has 0 saturated carbocycles. The SMILES string of the molecule is CC(C(=O)CCc1ccc(C(C)(C)C)cc1)c1ccc2c(c1)CC(=O)CO2. The van der Waals surface area contributed by atoms with E-state index in [-0.39, 0.29) is 29.5 Å². The van der Waals surface area contributed by atoms with E-state index in [1.807, 2.05) is 25.1 Å². The van der Waals surface area contributed by atoms with Gasteiger partial charge >= 0.3 is 0 Å². The lowest BCUT2D eigenvalue weighted by molar-refractivity contribution is -0.121. The summed E-state index contributed by atoms with van der Waals surface area (Å²) in [7, 11) is 0. The second-order valence-electron chi connectivity index (χ2n) is 8.51. The fraction of sp³-hybridized carbons (Fsp3) is 0.417. The quantitative estimate of drug-likeness (QED) is 0.766. The lowest BCUT2D eigenvalue weighted by Gasteiger charge is -2.19. The average Bonchev–Trinajstić information content (AvgIpc) is 2.64. The monoisotopic (exact) mass is 364 g/mol.